The smallest absolute Gasteiger partial charge is 0.276 e. The molecule has 1 aromatic carbocycles. The molecule has 0 N–H and O–H groups in total. The lowest BCUT2D eigenvalue weighted by atomic mass is 9.96. The SMILES string of the molecule is Cc1oc(C2CCN(C(=O)Cc3c(F)cccc3Cl)CC2)nc1C(=O)N1CCCCC1. The fourth-order valence-corrected chi connectivity index (χ4v) is 4.61. The Balaban J connectivity index is 1.36. The van der Waals surface area contributed by atoms with Crippen molar-refractivity contribution >= 4 is 23.4 Å². The van der Waals surface area contributed by atoms with E-state index in [1.807, 2.05) is 4.90 Å². The number of aryl methyl sites for hydroxylation is 1. The number of hydrogen-bond acceptors (Lipinski definition) is 4. The van der Waals surface area contributed by atoms with Crippen molar-refractivity contribution < 1.29 is 18.4 Å². The lowest BCUT2D eigenvalue weighted by Crippen LogP contribution is -2.39. The third-order valence-corrected chi connectivity index (χ3v) is 6.60. The molecule has 0 atom stereocenters. The van der Waals surface area contributed by atoms with Gasteiger partial charge in [0, 0.05) is 42.7 Å². The van der Waals surface area contributed by atoms with Crippen LogP contribution >= 0.6 is 11.6 Å². The summed E-state index contributed by atoms with van der Waals surface area (Å²) in [7, 11) is 0. The lowest BCUT2D eigenvalue weighted by Gasteiger charge is -2.31. The molecule has 0 bridgehead atoms. The second-order valence-electron chi connectivity index (χ2n) is 8.34. The minimum absolute atomic E-state index is 0.0528. The highest BCUT2D eigenvalue weighted by molar-refractivity contribution is 6.31. The van der Waals surface area contributed by atoms with Crippen molar-refractivity contribution in [1.82, 2.24) is 14.8 Å². The summed E-state index contributed by atoms with van der Waals surface area (Å²) in [5.41, 5.74) is 0.644. The molecule has 0 radical (unpaired) electrons. The van der Waals surface area contributed by atoms with Gasteiger partial charge >= 0.3 is 0 Å². The van der Waals surface area contributed by atoms with Crippen LogP contribution in [0, 0.1) is 12.7 Å². The summed E-state index contributed by atoms with van der Waals surface area (Å²) in [6, 6.07) is 4.43. The topological polar surface area (TPSA) is 66.7 Å². The number of piperidine rings is 2. The molecule has 0 spiro atoms. The van der Waals surface area contributed by atoms with E-state index >= 15 is 0 Å². The van der Waals surface area contributed by atoms with Gasteiger partial charge in [0.2, 0.25) is 5.91 Å². The van der Waals surface area contributed by atoms with Crippen LogP contribution < -0.4 is 0 Å². The van der Waals surface area contributed by atoms with Gasteiger partial charge in [-0.25, -0.2) is 9.37 Å². The van der Waals surface area contributed by atoms with Crippen LogP contribution in [0.1, 0.15) is 65.7 Å². The maximum absolute atomic E-state index is 14.0. The van der Waals surface area contributed by atoms with Crippen LogP contribution in [0.3, 0.4) is 0 Å². The summed E-state index contributed by atoms with van der Waals surface area (Å²) in [6.07, 6.45) is 4.54. The molecule has 0 aliphatic carbocycles. The Hall–Kier alpha value is -2.41. The number of oxazole rings is 1. The van der Waals surface area contributed by atoms with Crippen molar-refractivity contribution in [2.75, 3.05) is 26.2 Å². The van der Waals surface area contributed by atoms with Gasteiger partial charge in [0.25, 0.3) is 5.91 Å². The van der Waals surface area contributed by atoms with Crippen LogP contribution in [0.4, 0.5) is 4.39 Å². The standard InChI is InChI=1S/C23H27ClFN3O3/c1-15-21(23(30)28-10-3-2-4-11-28)26-22(31-15)16-8-12-27(13-9-16)20(29)14-17-18(24)6-5-7-19(17)25/h5-7,16H,2-4,8-14H2,1H3. The number of carbonyl (C=O) groups is 2. The maximum Gasteiger partial charge on any atom is 0.276 e. The molecule has 0 saturated carbocycles. The Morgan fingerprint density at radius 3 is 2.52 bits per heavy atom. The average Bonchev–Trinajstić information content (AvgIpc) is 3.18. The van der Waals surface area contributed by atoms with Gasteiger partial charge in [-0.1, -0.05) is 17.7 Å². The Morgan fingerprint density at radius 2 is 1.84 bits per heavy atom. The predicted octanol–water partition coefficient (Wildman–Crippen LogP) is 4.35. The summed E-state index contributed by atoms with van der Waals surface area (Å²) >= 11 is 6.05. The maximum atomic E-state index is 14.0. The predicted molar refractivity (Wildman–Crippen MR) is 115 cm³/mol. The molecule has 2 aromatic rings. The molecule has 2 amide bonds. The van der Waals surface area contributed by atoms with Crippen molar-refractivity contribution in [2.24, 2.45) is 0 Å². The molecule has 0 unspecified atom stereocenters. The molecular formula is C23H27ClFN3O3. The second-order valence-corrected chi connectivity index (χ2v) is 8.75. The quantitative estimate of drug-likeness (QED) is 0.698. The van der Waals surface area contributed by atoms with E-state index in [-0.39, 0.29) is 34.7 Å². The number of benzene rings is 1. The van der Waals surface area contributed by atoms with E-state index in [0.717, 1.165) is 32.4 Å². The molecule has 6 nitrogen and oxygen atoms in total. The minimum Gasteiger partial charge on any atom is -0.445 e. The van der Waals surface area contributed by atoms with Gasteiger partial charge in [0.1, 0.15) is 11.6 Å². The zero-order valence-corrected chi connectivity index (χ0v) is 18.5. The Morgan fingerprint density at radius 1 is 1.13 bits per heavy atom. The largest absolute Gasteiger partial charge is 0.445 e. The molecule has 31 heavy (non-hydrogen) atoms. The van der Waals surface area contributed by atoms with Gasteiger partial charge in [-0.3, -0.25) is 9.59 Å². The molecule has 3 heterocycles. The molecular weight excluding hydrogens is 421 g/mol. The van der Waals surface area contributed by atoms with Gasteiger partial charge in [-0.05, 0) is 51.2 Å². The van der Waals surface area contributed by atoms with Crippen molar-refractivity contribution in [3.63, 3.8) is 0 Å². The van der Waals surface area contributed by atoms with Crippen molar-refractivity contribution in [1.29, 1.82) is 0 Å². The van der Waals surface area contributed by atoms with Crippen molar-refractivity contribution in [2.45, 2.75) is 51.4 Å². The number of amides is 2. The van der Waals surface area contributed by atoms with Gasteiger partial charge in [-0.2, -0.15) is 0 Å². The molecule has 166 valence electrons. The first-order chi connectivity index (χ1) is 14.9. The Bertz CT molecular complexity index is 943. The fourth-order valence-electron chi connectivity index (χ4n) is 4.38. The van der Waals surface area contributed by atoms with E-state index in [1.54, 1.807) is 17.9 Å². The van der Waals surface area contributed by atoms with Gasteiger partial charge in [0.05, 0.1) is 6.42 Å². The second kappa shape index (κ2) is 9.39. The van der Waals surface area contributed by atoms with E-state index in [0.29, 0.717) is 43.3 Å². The monoisotopic (exact) mass is 447 g/mol. The van der Waals surface area contributed by atoms with Crippen LogP contribution in [0.5, 0.6) is 0 Å². The van der Waals surface area contributed by atoms with E-state index in [4.69, 9.17) is 16.0 Å². The molecule has 4 rings (SSSR count). The molecule has 1 aromatic heterocycles. The van der Waals surface area contributed by atoms with E-state index in [9.17, 15) is 14.0 Å². The third kappa shape index (κ3) is 4.76. The number of halogens is 2. The number of rotatable bonds is 4. The van der Waals surface area contributed by atoms with Crippen molar-refractivity contribution in [3.05, 3.63) is 51.9 Å². The number of aromatic nitrogens is 1. The van der Waals surface area contributed by atoms with E-state index < -0.39 is 5.82 Å². The van der Waals surface area contributed by atoms with E-state index in [2.05, 4.69) is 4.98 Å². The number of carbonyl (C=O) groups excluding carboxylic acids is 2. The lowest BCUT2D eigenvalue weighted by molar-refractivity contribution is -0.131. The summed E-state index contributed by atoms with van der Waals surface area (Å²) in [4.78, 5) is 33.6. The molecule has 2 saturated heterocycles. The highest BCUT2D eigenvalue weighted by atomic mass is 35.5. The molecule has 2 fully saturated rings. The number of nitrogens with zero attached hydrogens (tertiary/aromatic N) is 3. The molecule has 2 aliphatic heterocycles. The Kier molecular flexibility index (Phi) is 6.60. The number of hydrogen-bond donors (Lipinski definition) is 0. The van der Waals surface area contributed by atoms with Gasteiger partial charge < -0.3 is 14.2 Å². The van der Waals surface area contributed by atoms with Crippen LogP contribution in [0.25, 0.3) is 0 Å². The van der Waals surface area contributed by atoms with Crippen LogP contribution in [0.2, 0.25) is 5.02 Å². The highest BCUT2D eigenvalue weighted by Gasteiger charge is 2.30. The zero-order valence-electron chi connectivity index (χ0n) is 17.7. The summed E-state index contributed by atoms with van der Waals surface area (Å²) in [5.74, 6) is 0.525. The zero-order chi connectivity index (χ0) is 22.0. The fraction of sp³-hybridized carbons (Fsp3) is 0.522. The first-order valence-corrected chi connectivity index (χ1v) is 11.3. The number of likely N-dealkylation sites (tertiary alicyclic amines) is 2. The summed E-state index contributed by atoms with van der Waals surface area (Å²) < 4.78 is 19.9. The van der Waals surface area contributed by atoms with Crippen LogP contribution in [0.15, 0.2) is 22.6 Å². The normalized spacial score (nSPS) is 17.8. The van der Waals surface area contributed by atoms with E-state index in [1.165, 1.54) is 12.1 Å². The highest BCUT2D eigenvalue weighted by Crippen LogP contribution is 2.30. The first-order valence-electron chi connectivity index (χ1n) is 10.9. The van der Waals surface area contributed by atoms with Crippen LogP contribution in [-0.4, -0.2) is 52.8 Å². The van der Waals surface area contributed by atoms with Gasteiger partial charge in [0.15, 0.2) is 11.6 Å². The van der Waals surface area contributed by atoms with Crippen molar-refractivity contribution in [3.8, 4) is 0 Å². The summed E-state index contributed by atoms with van der Waals surface area (Å²) in [6.45, 7) is 4.39. The average molecular weight is 448 g/mol. The Labute approximate surface area is 186 Å². The summed E-state index contributed by atoms with van der Waals surface area (Å²) in [5, 5.41) is 0.268. The van der Waals surface area contributed by atoms with Gasteiger partial charge in [-0.15, -0.1) is 0 Å². The van der Waals surface area contributed by atoms with Crippen LogP contribution in [-0.2, 0) is 11.2 Å². The molecule has 8 heteroatoms. The molecule has 2 aliphatic rings. The third-order valence-electron chi connectivity index (χ3n) is 6.25. The first kappa shape index (κ1) is 21.8. The minimum atomic E-state index is -0.461.